The van der Waals surface area contributed by atoms with E-state index in [1.165, 1.54) is 29.4 Å². The number of aliphatic carboxylic acids is 1. The summed E-state index contributed by atoms with van der Waals surface area (Å²) < 4.78 is 36.9. The summed E-state index contributed by atoms with van der Waals surface area (Å²) in [6, 6.07) is 7.39. The number of alkyl halides is 2. The molecule has 1 atom stereocenters. The van der Waals surface area contributed by atoms with E-state index in [0.717, 1.165) is 0 Å². The van der Waals surface area contributed by atoms with Crippen LogP contribution in [0, 0.1) is 0 Å². The van der Waals surface area contributed by atoms with E-state index in [9.17, 15) is 18.1 Å². The normalized spacial score (nSPS) is 15.2. The predicted octanol–water partition coefficient (Wildman–Crippen LogP) is 1.000. The Hall–Kier alpha value is -1.34. The number of carboxylic acid groups (broad SMARTS) is 1. The summed E-state index contributed by atoms with van der Waals surface area (Å²) in [5.74, 6) is -2.03. The topological polar surface area (TPSA) is 107 Å². The molecule has 0 aliphatic carbocycles. The minimum atomic E-state index is -5.14. The Morgan fingerprint density at radius 3 is 2.21 bits per heavy atom. The van der Waals surface area contributed by atoms with Crippen molar-refractivity contribution < 1.29 is 33.0 Å². The second-order valence-electron chi connectivity index (χ2n) is 3.90. The number of carbonyl (C=O) groups is 1. The van der Waals surface area contributed by atoms with Gasteiger partial charge in [0.15, 0.2) is 5.54 Å². The van der Waals surface area contributed by atoms with Crippen molar-refractivity contribution in [2.45, 2.75) is 18.4 Å². The maximum atomic E-state index is 13.0. The third-order valence-corrected chi connectivity index (χ3v) is 3.12. The molecule has 6 nitrogen and oxygen atoms in total. The fourth-order valence-electron chi connectivity index (χ4n) is 1.56. The lowest BCUT2D eigenvalue weighted by Crippen LogP contribution is -2.57. The largest absolute Gasteiger partial charge is 0.480 e. The van der Waals surface area contributed by atoms with Crippen molar-refractivity contribution in [2.24, 2.45) is 0 Å². The second-order valence-corrected chi connectivity index (χ2v) is 5.21. The maximum absolute atomic E-state index is 13.0. The van der Waals surface area contributed by atoms with Gasteiger partial charge in [0.1, 0.15) is 0 Å². The molecule has 9 heteroatoms. The first-order chi connectivity index (χ1) is 8.67. The average Bonchev–Trinajstić information content (AvgIpc) is 2.27. The van der Waals surface area contributed by atoms with Crippen molar-refractivity contribution >= 4 is 13.7 Å². The molecule has 0 saturated heterocycles. The van der Waals surface area contributed by atoms with Crippen molar-refractivity contribution in [1.29, 1.82) is 0 Å². The van der Waals surface area contributed by atoms with Gasteiger partial charge in [0.05, 0.1) is 0 Å². The number of carboxylic acids is 1. The minimum absolute atomic E-state index is 0.214. The summed E-state index contributed by atoms with van der Waals surface area (Å²) in [6.45, 7) is 0. The van der Waals surface area contributed by atoms with Gasteiger partial charge in [-0.3, -0.25) is 0 Å². The highest BCUT2D eigenvalue weighted by atomic mass is 31.2. The Kier molecular flexibility index (Phi) is 4.75. The number of hydrogen-bond acceptors (Lipinski definition) is 2. The Balaban J connectivity index is 3.17. The third kappa shape index (κ3) is 4.07. The zero-order valence-corrected chi connectivity index (χ0v) is 10.4. The van der Waals surface area contributed by atoms with Gasteiger partial charge in [0, 0.05) is 6.42 Å². The highest BCUT2D eigenvalue weighted by Crippen LogP contribution is 2.36. The molecule has 0 spiro atoms. The number of halogens is 2. The fourth-order valence-corrected chi connectivity index (χ4v) is 2.35. The van der Waals surface area contributed by atoms with Crippen LogP contribution in [-0.4, -0.2) is 32.8 Å². The number of rotatable bonds is 6. The number of nitrogens with one attached hydrogen (secondary N) is 1. The summed E-state index contributed by atoms with van der Waals surface area (Å²) in [5.41, 5.74) is -2.83. The molecule has 0 aromatic heterocycles. The first kappa shape index (κ1) is 15.7. The van der Waals surface area contributed by atoms with Crippen molar-refractivity contribution in [3.05, 3.63) is 35.9 Å². The highest BCUT2D eigenvalue weighted by molar-refractivity contribution is 7.49. The van der Waals surface area contributed by atoms with Crippen molar-refractivity contribution in [1.82, 2.24) is 5.09 Å². The first-order valence-electron chi connectivity index (χ1n) is 5.08. The molecular weight excluding hydrogens is 283 g/mol. The molecule has 0 heterocycles. The molecule has 0 amide bonds. The van der Waals surface area contributed by atoms with Gasteiger partial charge in [-0.05, 0) is 5.56 Å². The van der Waals surface area contributed by atoms with E-state index in [-0.39, 0.29) is 5.56 Å². The highest BCUT2D eigenvalue weighted by Gasteiger charge is 2.51. The quantitative estimate of drug-likeness (QED) is 0.583. The van der Waals surface area contributed by atoms with E-state index in [1.807, 2.05) is 0 Å². The van der Waals surface area contributed by atoms with Crippen LogP contribution in [0.3, 0.4) is 0 Å². The molecule has 0 aliphatic heterocycles. The summed E-state index contributed by atoms with van der Waals surface area (Å²) in [4.78, 5) is 28.5. The van der Waals surface area contributed by atoms with E-state index in [1.54, 1.807) is 6.07 Å². The van der Waals surface area contributed by atoms with Crippen LogP contribution >= 0.6 is 7.75 Å². The summed E-state index contributed by atoms with van der Waals surface area (Å²) >= 11 is 0. The maximum Gasteiger partial charge on any atom is 0.401 e. The Morgan fingerprint density at radius 2 is 1.84 bits per heavy atom. The zero-order chi connectivity index (χ0) is 14.7. The molecule has 1 aromatic carbocycles. The molecule has 0 bridgehead atoms. The van der Waals surface area contributed by atoms with Gasteiger partial charge in [-0.2, -0.15) is 0 Å². The Bertz CT molecular complexity index is 492. The standard InChI is InChI=1S/C10H12F2NO5P/c11-8(12)10(9(14)15,13-19(16,17)18)6-7-4-2-1-3-5-7/h1-5,8H,6H2,(H,14,15)(H3,13,16,17,18)/t10-/m1/s1. The van der Waals surface area contributed by atoms with Crippen LogP contribution in [0.4, 0.5) is 8.78 Å². The van der Waals surface area contributed by atoms with Gasteiger partial charge in [0.2, 0.25) is 0 Å². The van der Waals surface area contributed by atoms with Crippen LogP contribution in [0.1, 0.15) is 5.56 Å². The smallest absolute Gasteiger partial charge is 0.401 e. The molecular formula is C10H12F2NO5P. The lowest BCUT2D eigenvalue weighted by Gasteiger charge is -2.30. The SMILES string of the molecule is O=C(O)[C@](Cc1ccccc1)(NP(=O)(O)O)C(F)F. The lowest BCUT2D eigenvalue weighted by atomic mass is 9.92. The van der Waals surface area contributed by atoms with Gasteiger partial charge in [-0.1, -0.05) is 30.3 Å². The van der Waals surface area contributed by atoms with Crippen LogP contribution in [-0.2, 0) is 15.8 Å². The third-order valence-electron chi connectivity index (χ3n) is 2.43. The predicted molar refractivity (Wildman–Crippen MR) is 61.7 cm³/mol. The molecule has 19 heavy (non-hydrogen) atoms. The number of benzene rings is 1. The van der Waals surface area contributed by atoms with Crippen molar-refractivity contribution in [3.8, 4) is 0 Å². The molecule has 0 radical (unpaired) electrons. The van der Waals surface area contributed by atoms with Crippen LogP contribution < -0.4 is 5.09 Å². The van der Waals surface area contributed by atoms with E-state index in [2.05, 4.69) is 0 Å². The zero-order valence-electron chi connectivity index (χ0n) is 9.53. The van der Waals surface area contributed by atoms with Gasteiger partial charge in [-0.25, -0.2) is 23.2 Å². The number of hydrogen-bond donors (Lipinski definition) is 4. The first-order valence-corrected chi connectivity index (χ1v) is 6.69. The molecule has 1 rings (SSSR count). The van der Waals surface area contributed by atoms with E-state index in [4.69, 9.17) is 14.9 Å². The average molecular weight is 295 g/mol. The van der Waals surface area contributed by atoms with Crippen molar-refractivity contribution in [2.75, 3.05) is 0 Å². The van der Waals surface area contributed by atoms with E-state index >= 15 is 0 Å². The Labute approximate surface area is 107 Å². The van der Waals surface area contributed by atoms with Crippen molar-refractivity contribution in [3.63, 3.8) is 0 Å². The second kappa shape index (κ2) is 5.75. The van der Waals surface area contributed by atoms with Gasteiger partial charge in [-0.15, -0.1) is 0 Å². The van der Waals surface area contributed by atoms with Crippen LogP contribution in [0.5, 0.6) is 0 Å². The molecule has 1 aromatic rings. The van der Waals surface area contributed by atoms with Crippen LogP contribution in [0.2, 0.25) is 0 Å². The lowest BCUT2D eigenvalue weighted by molar-refractivity contribution is -0.151. The molecule has 0 fully saturated rings. The summed E-state index contributed by atoms with van der Waals surface area (Å²) in [6.07, 6.45) is -4.26. The van der Waals surface area contributed by atoms with Gasteiger partial charge >= 0.3 is 13.7 Å². The summed E-state index contributed by atoms with van der Waals surface area (Å²) in [7, 11) is -5.14. The van der Waals surface area contributed by atoms with Gasteiger partial charge in [0.25, 0.3) is 6.43 Å². The van der Waals surface area contributed by atoms with E-state index in [0.29, 0.717) is 0 Å². The molecule has 0 saturated carbocycles. The van der Waals surface area contributed by atoms with Crippen LogP contribution in [0.25, 0.3) is 0 Å². The fraction of sp³-hybridized carbons (Fsp3) is 0.300. The molecule has 0 aliphatic rings. The molecule has 0 unspecified atom stereocenters. The van der Waals surface area contributed by atoms with Crippen LogP contribution in [0.15, 0.2) is 30.3 Å². The molecule has 4 N–H and O–H groups in total. The Morgan fingerprint density at radius 1 is 1.32 bits per heavy atom. The summed E-state index contributed by atoms with van der Waals surface area (Å²) in [5, 5.41) is 10.2. The minimum Gasteiger partial charge on any atom is -0.480 e. The van der Waals surface area contributed by atoms with Gasteiger partial charge < -0.3 is 14.9 Å². The monoisotopic (exact) mass is 295 g/mol. The van der Waals surface area contributed by atoms with E-state index < -0.39 is 32.1 Å². The molecule has 106 valence electrons.